The van der Waals surface area contributed by atoms with Crippen molar-refractivity contribution in [2.24, 2.45) is 0 Å². The SMILES string of the molecule is O=C(NCc1cn(Cc2ccccc2)nc1-c1ccccc1)c1cc(C2CC2)on1. The molecule has 2 aromatic heterocycles. The minimum Gasteiger partial charge on any atom is -0.360 e. The molecule has 6 nitrogen and oxygen atoms in total. The minimum absolute atomic E-state index is 0.236. The number of hydrogen-bond acceptors (Lipinski definition) is 4. The number of carbonyl (C=O) groups excluding carboxylic acids is 1. The number of rotatable bonds is 7. The number of nitrogens with zero attached hydrogens (tertiary/aromatic N) is 3. The van der Waals surface area contributed by atoms with Gasteiger partial charge in [0.15, 0.2) is 5.69 Å². The highest BCUT2D eigenvalue weighted by atomic mass is 16.5. The van der Waals surface area contributed by atoms with Crippen molar-refractivity contribution in [2.45, 2.75) is 31.8 Å². The van der Waals surface area contributed by atoms with E-state index in [1.807, 2.05) is 59.4 Å². The highest BCUT2D eigenvalue weighted by Gasteiger charge is 2.29. The lowest BCUT2D eigenvalue weighted by atomic mass is 10.1. The fraction of sp³-hybridized carbons (Fsp3) is 0.208. The van der Waals surface area contributed by atoms with Crippen LogP contribution in [0.15, 0.2) is 77.4 Å². The summed E-state index contributed by atoms with van der Waals surface area (Å²) in [6.45, 7) is 1.03. The first-order chi connectivity index (χ1) is 14.8. The molecule has 0 spiro atoms. The highest BCUT2D eigenvalue weighted by molar-refractivity contribution is 5.92. The Kier molecular flexibility index (Phi) is 4.89. The van der Waals surface area contributed by atoms with Gasteiger partial charge in [-0.05, 0) is 18.4 Å². The van der Waals surface area contributed by atoms with Crippen LogP contribution in [0.5, 0.6) is 0 Å². The molecule has 150 valence electrons. The Labute approximate surface area is 174 Å². The molecule has 0 saturated heterocycles. The second-order valence-electron chi connectivity index (χ2n) is 7.62. The summed E-state index contributed by atoms with van der Waals surface area (Å²) in [6.07, 6.45) is 4.21. The van der Waals surface area contributed by atoms with Gasteiger partial charge in [0.2, 0.25) is 0 Å². The zero-order valence-electron chi connectivity index (χ0n) is 16.5. The monoisotopic (exact) mass is 398 g/mol. The molecule has 4 aromatic rings. The lowest BCUT2D eigenvalue weighted by Gasteiger charge is -2.04. The fourth-order valence-electron chi connectivity index (χ4n) is 3.51. The van der Waals surface area contributed by atoms with E-state index in [0.29, 0.717) is 24.7 Å². The summed E-state index contributed by atoms with van der Waals surface area (Å²) in [5.74, 6) is 1.00. The van der Waals surface area contributed by atoms with Crippen LogP contribution in [-0.4, -0.2) is 20.8 Å². The Morgan fingerprint density at radius 1 is 1.07 bits per heavy atom. The molecule has 1 N–H and O–H groups in total. The van der Waals surface area contributed by atoms with Gasteiger partial charge in [-0.1, -0.05) is 65.8 Å². The zero-order chi connectivity index (χ0) is 20.3. The normalized spacial score (nSPS) is 13.3. The molecule has 0 atom stereocenters. The van der Waals surface area contributed by atoms with Gasteiger partial charge in [0.25, 0.3) is 5.91 Å². The van der Waals surface area contributed by atoms with Gasteiger partial charge in [-0.15, -0.1) is 0 Å². The van der Waals surface area contributed by atoms with Crippen molar-refractivity contribution in [2.75, 3.05) is 0 Å². The first-order valence-corrected chi connectivity index (χ1v) is 10.2. The van der Waals surface area contributed by atoms with E-state index >= 15 is 0 Å². The summed E-state index contributed by atoms with van der Waals surface area (Å²) in [5.41, 5.74) is 4.34. The van der Waals surface area contributed by atoms with Crippen molar-refractivity contribution in [1.82, 2.24) is 20.3 Å². The van der Waals surface area contributed by atoms with E-state index in [0.717, 1.165) is 35.4 Å². The molecule has 0 aliphatic heterocycles. The Balaban J connectivity index is 1.36. The maximum atomic E-state index is 12.6. The van der Waals surface area contributed by atoms with Gasteiger partial charge in [-0.25, -0.2) is 0 Å². The molecule has 2 heterocycles. The number of aromatic nitrogens is 3. The quantitative estimate of drug-likeness (QED) is 0.501. The van der Waals surface area contributed by atoms with Crippen LogP contribution in [-0.2, 0) is 13.1 Å². The molecule has 0 radical (unpaired) electrons. The zero-order valence-corrected chi connectivity index (χ0v) is 16.5. The van der Waals surface area contributed by atoms with Crippen LogP contribution < -0.4 is 5.32 Å². The Morgan fingerprint density at radius 2 is 1.80 bits per heavy atom. The molecule has 2 aromatic carbocycles. The standard InChI is InChI=1S/C24H22N4O2/c29-24(21-13-22(30-27-21)18-11-12-18)25-14-20-16-28(15-17-7-3-1-4-8-17)26-23(20)19-9-5-2-6-10-19/h1-10,13,16,18H,11-12,14-15H2,(H,25,29). The van der Waals surface area contributed by atoms with E-state index in [1.54, 1.807) is 6.07 Å². The average molecular weight is 398 g/mol. The van der Waals surface area contributed by atoms with Gasteiger partial charge in [0, 0.05) is 35.9 Å². The molecule has 1 aliphatic rings. The van der Waals surface area contributed by atoms with Crippen LogP contribution in [0.3, 0.4) is 0 Å². The van der Waals surface area contributed by atoms with Gasteiger partial charge in [0.05, 0.1) is 12.2 Å². The maximum Gasteiger partial charge on any atom is 0.273 e. The van der Waals surface area contributed by atoms with Gasteiger partial charge in [0.1, 0.15) is 5.76 Å². The number of benzene rings is 2. The smallest absolute Gasteiger partial charge is 0.273 e. The molecule has 1 amide bonds. The molecule has 1 saturated carbocycles. The Hall–Kier alpha value is -3.67. The molecule has 5 rings (SSSR count). The molecule has 30 heavy (non-hydrogen) atoms. The molecule has 1 aliphatic carbocycles. The van der Waals surface area contributed by atoms with Crippen molar-refractivity contribution in [3.63, 3.8) is 0 Å². The second-order valence-corrected chi connectivity index (χ2v) is 7.62. The van der Waals surface area contributed by atoms with Gasteiger partial charge >= 0.3 is 0 Å². The van der Waals surface area contributed by atoms with Crippen molar-refractivity contribution in [3.05, 3.63) is 95.5 Å². The topological polar surface area (TPSA) is 73.0 Å². The third-order valence-electron chi connectivity index (χ3n) is 5.25. The molecular weight excluding hydrogens is 376 g/mol. The third kappa shape index (κ3) is 4.03. The summed E-state index contributed by atoms with van der Waals surface area (Å²) < 4.78 is 7.22. The molecule has 0 unspecified atom stereocenters. The highest BCUT2D eigenvalue weighted by Crippen LogP contribution is 2.40. The van der Waals surface area contributed by atoms with Crippen LogP contribution in [0.25, 0.3) is 11.3 Å². The van der Waals surface area contributed by atoms with Gasteiger partial charge < -0.3 is 9.84 Å². The van der Waals surface area contributed by atoms with Crippen LogP contribution in [0.4, 0.5) is 0 Å². The summed E-state index contributed by atoms with van der Waals surface area (Å²) in [7, 11) is 0. The molecular formula is C24H22N4O2. The largest absolute Gasteiger partial charge is 0.360 e. The predicted molar refractivity (Wildman–Crippen MR) is 113 cm³/mol. The van der Waals surface area contributed by atoms with Crippen molar-refractivity contribution >= 4 is 5.91 Å². The van der Waals surface area contributed by atoms with E-state index in [9.17, 15) is 4.79 Å². The average Bonchev–Trinajstić information content (AvgIpc) is 3.37. The second kappa shape index (κ2) is 7.99. The van der Waals surface area contributed by atoms with Gasteiger partial charge in [-0.2, -0.15) is 5.10 Å². The minimum atomic E-state index is -0.236. The van der Waals surface area contributed by atoms with Crippen LogP contribution >= 0.6 is 0 Å². The number of hydrogen-bond donors (Lipinski definition) is 1. The van der Waals surface area contributed by atoms with E-state index in [2.05, 4.69) is 22.6 Å². The molecule has 1 fully saturated rings. The lowest BCUT2D eigenvalue weighted by Crippen LogP contribution is -2.23. The fourth-order valence-corrected chi connectivity index (χ4v) is 3.51. The summed E-state index contributed by atoms with van der Waals surface area (Å²) in [5, 5.41) is 11.7. The lowest BCUT2D eigenvalue weighted by molar-refractivity contribution is 0.0942. The summed E-state index contributed by atoms with van der Waals surface area (Å²) in [6, 6.07) is 22.0. The first-order valence-electron chi connectivity index (χ1n) is 10.2. The Bertz CT molecular complexity index is 1140. The predicted octanol–water partition coefficient (Wildman–Crippen LogP) is 4.39. The van der Waals surface area contributed by atoms with Crippen molar-refractivity contribution in [3.8, 4) is 11.3 Å². The van der Waals surface area contributed by atoms with Crippen LogP contribution in [0.2, 0.25) is 0 Å². The molecule has 0 bridgehead atoms. The number of carbonyl (C=O) groups is 1. The number of amides is 1. The molecule has 6 heteroatoms. The van der Waals surface area contributed by atoms with Gasteiger partial charge in [-0.3, -0.25) is 9.48 Å². The van der Waals surface area contributed by atoms with E-state index in [4.69, 9.17) is 9.62 Å². The summed E-state index contributed by atoms with van der Waals surface area (Å²) in [4.78, 5) is 12.6. The maximum absolute atomic E-state index is 12.6. The first kappa shape index (κ1) is 18.4. The van der Waals surface area contributed by atoms with Crippen LogP contribution in [0, 0.1) is 0 Å². The summed E-state index contributed by atoms with van der Waals surface area (Å²) >= 11 is 0. The van der Waals surface area contributed by atoms with Crippen LogP contribution in [0.1, 0.15) is 46.1 Å². The Morgan fingerprint density at radius 3 is 2.53 bits per heavy atom. The number of nitrogens with one attached hydrogen (secondary N) is 1. The van der Waals surface area contributed by atoms with E-state index < -0.39 is 0 Å². The van der Waals surface area contributed by atoms with Crippen molar-refractivity contribution in [1.29, 1.82) is 0 Å². The van der Waals surface area contributed by atoms with E-state index in [-0.39, 0.29) is 5.91 Å². The van der Waals surface area contributed by atoms with E-state index in [1.165, 1.54) is 5.56 Å². The van der Waals surface area contributed by atoms with Crippen molar-refractivity contribution < 1.29 is 9.32 Å². The third-order valence-corrected chi connectivity index (χ3v) is 5.25.